The summed E-state index contributed by atoms with van der Waals surface area (Å²) in [6.45, 7) is -0.370. The molecule has 11 nitrogen and oxygen atoms in total. The lowest BCUT2D eigenvalue weighted by Gasteiger charge is -2.33. The zero-order valence-corrected chi connectivity index (χ0v) is 25.2. The van der Waals surface area contributed by atoms with Gasteiger partial charge in [-0.2, -0.15) is 13.9 Å². The second-order valence-corrected chi connectivity index (χ2v) is 12.5. The molecule has 0 unspecified atom stereocenters. The molecule has 5 heterocycles. The Morgan fingerprint density at radius 1 is 1.06 bits per heavy atom. The fraction of sp³-hybridized carbons (Fsp3) is 0.281. The molecule has 2 N–H and O–H groups in total. The van der Waals surface area contributed by atoms with Gasteiger partial charge < -0.3 is 10.5 Å². The smallest absolute Gasteiger partial charge is 0.423 e. The predicted octanol–water partition coefficient (Wildman–Crippen LogP) is 5.18. The van der Waals surface area contributed by atoms with Gasteiger partial charge in [-0.3, -0.25) is 19.5 Å². The number of rotatable bonds is 8. The van der Waals surface area contributed by atoms with Crippen molar-refractivity contribution < 1.29 is 27.5 Å². The van der Waals surface area contributed by atoms with Crippen LogP contribution in [0.4, 0.5) is 18.9 Å². The summed E-state index contributed by atoms with van der Waals surface area (Å²) in [4.78, 5) is 44.1. The SMILES string of the molecule is NC(=O)c1c(CC2CC2)nc2c(cnn2C2(c3ccc(F)cn3)CC2)c1-c1ccc2c(c1)OC(F)(F)C(=O)N2Cc1ncc(Cl)cn1. The quantitative estimate of drug-likeness (QED) is 0.240. The van der Waals surface area contributed by atoms with Crippen molar-refractivity contribution in [2.75, 3.05) is 4.90 Å². The van der Waals surface area contributed by atoms with Gasteiger partial charge in [0.2, 0.25) is 0 Å². The summed E-state index contributed by atoms with van der Waals surface area (Å²) in [6.07, 6.45) is 4.89. The number of nitrogens with two attached hydrogens (primary N) is 1. The molecule has 15 heteroatoms. The Bertz CT molecular complexity index is 2100. The maximum atomic E-state index is 15.0. The highest BCUT2D eigenvalue weighted by Gasteiger charge is 2.52. The third-order valence-electron chi connectivity index (χ3n) is 8.80. The van der Waals surface area contributed by atoms with Gasteiger partial charge in [0.05, 0.1) is 46.6 Å². The highest BCUT2D eigenvalue weighted by molar-refractivity contribution is 6.30. The molecule has 238 valence electrons. The molecule has 0 saturated heterocycles. The van der Waals surface area contributed by atoms with Gasteiger partial charge >= 0.3 is 12.0 Å². The number of alkyl halides is 2. The summed E-state index contributed by atoms with van der Waals surface area (Å²) >= 11 is 5.86. The fourth-order valence-corrected chi connectivity index (χ4v) is 6.30. The van der Waals surface area contributed by atoms with E-state index in [1.54, 1.807) is 23.0 Å². The van der Waals surface area contributed by atoms with E-state index in [0.29, 0.717) is 58.7 Å². The maximum Gasteiger partial charge on any atom is 0.482 e. The van der Waals surface area contributed by atoms with Gasteiger partial charge in [0.25, 0.3) is 5.91 Å². The van der Waals surface area contributed by atoms with E-state index in [4.69, 9.17) is 27.1 Å². The number of anilines is 1. The van der Waals surface area contributed by atoms with E-state index in [0.717, 1.165) is 23.9 Å². The van der Waals surface area contributed by atoms with Crippen molar-refractivity contribution in [3.63, 3.8) is 0 Å². The van der Waals surface area contributed by atoms with Gasteiger partial charge in [-0.25, -0.2) is 24.0 Å². The van der Waals surface area contributed by atoms with Crippen LogP contribution in [0.5, 0.6) is 5.75 Å². The number of carbonyl (C=O) groups excluding carboxylic acids is 2. The second-order valence-electron chi connectivity index (χ2n) is 12.0. The number of hydrogen-bond acceptors (Lipinski definition) is 8. The molecular weight excluding hydrogens is 637 g/mol. The number of aromatic nitrogens is 6. The molecule has 4 aromatic heterocycles. The van der Waals surface area contributed by atoms with E-state index in [1.807, 2.05) is 0 Å². The van der Waals surface area contributed by atoms with Crippen molar-refractivity contribution in [1.29, 1.82) is 0 Å². The second kappa shape index (κ2) is 10.5. The van der Waals surface area contributed by atoms with Crippen LogP contribution in [0.25, 0.3) is 22.2 Å². The molecule has 0 spiro atoms. The summed E-state index contributed by atoms with van der Waals surface area (Å²) < 4.78 is 50.5. The molecule has 1 aromatic carbocycles. The summed E-state index contributed by atoms with van der Waals surface area (Å²) in [7, 11) is 0. The van der Waals surface area contributed by atoms with Gasteiger partial charge in [0, 0.05) is 23.3 Å². The molecule has 0 atom stereocenters. The highest BCUT2D eigenvalue weighted by atomic mass is 35.5. The minimum Gasteiger partial charge on any atom is -0.423 e. The van der Waals surface area contributed by atoms with E-state index >= 15 is 8.78 Å². The number of nitrogens with zero attached hydrogens (tertiary/aromatic N) is 7. The van der Waals surface area contributed by atoms with Crippen LogP contribution < -0.4 is 15.4 Å². The number of pyridine rings is 2. The lowest BCUT2D eigenvalue weighted by atomic mass is 9.93. The summed E-state index contributed by atoms with van der Waals surface area (Å²) in [5.41, 5.74) is 7.75. The molecule has 2 saturated carbocycles. The van der Waals surface area contributed by atoms with E-state index in [-0.39, 0.29) is 34.4 Å². The first-order valence-electron chi connectivity index (χ1n) is 14.9. The van der Waals surface area contributed by atoms with Gasteiger partial charge in [-0.05, 0) is 67.9 Å². The Labute approximate surface area is 269 Å². The Morgan fingerprint density at radius 3 is 2.49 bits per heavy atom. The number of halogens is 4. The lowest BCUT2D eigenvalue weighted by molar-refractivity contribution is -0.193. The zero-order chi connectivity index (χ0) is 32.7. The molecule has 0 radical (unpaired) electrons. The lowest BCUT2D eigenvalue weighted by Crippen LogP contribution is -2.50. The molecule has 3 aliphatic rings. The Hall–Kier alpha value is -5.11. The van der Waals surface area contributed by atoms with Crippen LogP contribution in [0.1, 0.15) is 53.3 Å². The van der Waals surface area contributed by atoms with Crippen LogP contribution in [-0.2, 0) is 23.3 Å². The first kappa shape index (κ1) is 29.3. The fourth-order valence-electron chi connectivity index (χ4n) is 6.20. The van der Waals surface area contributed by atoms with Crippen molar-refractivity contribution in [3.8, 4) is 16.9 Å². The predicted molar refractivity (Wildman–Crippen MR) is 162 cm³/mol. The first-order chi connectivity index (χ1) is 22.5. The normalized spacial score (nSPS) is 17.8. The summed E-state index contributed by atoms with van der Waals surface area (Å²) in [5, 5.41) is 5.38. The molecular formula is C32H24ClF3N8O3. The molecule has 47 heavy (non-hydrogen) atoms. The highest BCUT2D eigenvalue weighted by Crippen LogP contribution is 2.51. The Kier molecular flexibility index (Phi) is 6.52. The first-order valence-corrected chi connectivity index (χ1v) is 15.2. The number of primary amides is 1. The van der Waals surface area contributed by atoms with Crippen LogP contribution in [-0.4, -0.2) is 47.6 Å². The van der Waals surface area contributed by atoms with Crippen molar-refractivity contribution in [2.24, 2.45) is 11.7 Å². The minimum atomic E-state index is -4.19. The van der Waals surface area contributed by atoms with E-state index in [1.165, 1.54) is 30.6 Å². The zero-order valence-electron chi connectivity index (χ0n) is 24.5. The molecule has 2 amide bonds. The monoisotopic (exact) mass is 660 g/mol. The third-order valence-corrected chi connectivity index (χ3v) is 8.99. The van der Waals surface area contributed by atoms with Crippen LogP contribution in [0.2, 0.25) is 5.02 Å². The van der Waals surface area contributed by atoms with Crippen LogP contribution in [0.3, 0.4) is 0 Å². The van der Waals surface area contributed by atoms with Gasteiger partial charge in [-0.15, -0.1) is 0 Å². The molecule has 1 aliphatic heterocycles. The molecule has 8 rings (SSSR count). The van der Waals surface area contributed by atoms with Crippen molar-refractivity contribution in [3.05, 3.63) is 88.7 Å². The number of ether oxygens (including phenoxy) is 1. The van der Waals surface area contributed by atoms with Gasteiger partial charge in [0.1, 0.15) is 17.2 Å². The number of benzene rings is 1. The number of hydrogen-bond donors (Lipinski definition) is 1. The van der Waals surface area contributed by atoms with Crippen LogP contribution in [0, 0.1) is 11.7 Å². The van der Waals surface area contributed by atoms with E-state index in [2.05, 4.69) is 20.1 Å². The summed E-state index contributed by atoms with van der Waals surface area (Å²) in [6, 6.07) is 7.36. The Balaban J connectivity index is 1.30. The van der Waals surface area contributed by atoms with E-state index < -0.39 is 29.3 Å². The largest absolute Gasteiger partial charge is 0.482 e. The molecule has 0 bridgehead atoms. The average Bonchev–Trinajstić information content (AvgIpc) is 3.98. The van der Waals surface area contributed by atoms with Gasteiger partial charge in [0.15, 0.2) is 11.4 Å². The standard InChI is InChI=1S/C32H24ClF3N8O3/c33-18-11-39-25(40-12-18)15-43-22-5-3-17(10-23(22)47-32(35,36)30(43)46)26-20-14-41-44(31(7-8-31)24-6-4-19(34)13-38-24)29(20)42-21(9-16-1-2-16)27(26)28(37)45/h3-6,10-14,16H,1-2,7-9,15H2,(H2,37,45). The molecule has 2 fully saturated rings. The van der Waals surface area contributed by atoms with Crippen LogP contribution >= 0.6 is 11.6 Å². The van der Waals surface area contributed by atoms with Crippen molar-refractivity contribution >= 4 is 40.1 Å². The average molecular weight is 661 g/mol. The van der Waals surface area contributed by atoms with Crippen molar-refractivity contribution in [2.45, 2.75) is 50.3 Å². The summed E-state index contributed by atoms with van der Waals surface area (Å²) in [5.74, 6) is -2.68. The number of amides is 2. The van der Waals surface area contributed by atoms with Crippen molar-refractivity contribution in [1.82, 2.24) is 29.7 Å². The maximum absolute atomic E-state index is 15.0. The number of carbonyl (C=O) groups is 2. The molecule has 5 aromatic rings. The Morgan fingerprint density at radius 2 is 1.83 bits per heavy atom. The minimum absolute atomic E-state index is 0.0577. The number of fused-ring (bicyclic) bond motifs is 2. The molecule has 2 aliphatic carbocycles. The van der Waals surface area contributed by atoms with Gasteiger partial charge in [-0.1, -0.05) is 17.7 Å². The third kappa shape index (κ3) is 4.94. The van der Waals surface area contributed by atoms with E-state index in [9.17, 15) is 14.0 Å². The topological polar surface area (TPSA) is 142 Å². The van der Waals surface area contributed by atoms with Crippen LogP contribution in [0.15, 0.2) is 55.1 Å².